The molecule has 1 saturated heterocycles. The minimum atomic E-state index is 0. The molecule has 0 spiro atoms. The standard InChI is InChI=1S/C20H32N6.HI/c1-4-11-20(2)12-8-14-25(16-20)19(21-3)22-13-7-10-18-24-23-17-9-5-6-15-26(17)18;/h5-6,9,15H,4,7-8,10-14,16H2,1-3H3,(H,21,22);1H. The summed E-state index contributed by atoms with van der Waals surface area (Å²) in [5.74, 6) is 2.06. The van der Waals surface area contributed by atoms with Crippen LogP contribution in [-0.4, -0.2) is 52.1 Å². The molecule has 1 aliphatic rings. The molecule has 0 radical (unpaired) electrons. The number of hydrogen-bond acceptors (Lipinski definition) is 3. The van der Waals surface area contributed by atoms with Crippen molar-refractivity contribution < 1.29 is 0 Å². The van der Waals surface area contributed by atoms with Gasteiger partial charge in [-0.3, -0.25) is 9.39 Å². The van der Waals surface area contributed by atoms with Crippen LogP contribution in [0, 0.1) is 5.41 Å². The maximum atomic E-state index is 4.52. The lowest BCUT2D eigenvalue weighted by Gasteiger charge is -2.42. The number of halogens is 1. The van der Waals surface area contributed by atoms with Gasteiger partial charge in [-0.05, 0) is 43.2 Å². The minimum absolute atomic E-state index is 0. The number of fused-ring (bicyclic) bond motifs is 1. The van der Waals surface area contributed by atoms with E-state index in [4.69, 9.17) is 0 Å². The monoisotopic (exact) mass is 484 g/mol. The highest BCUT2D eigenvalue weighted by Crippen LogP contribution is 2.33. The quantitative estimate of drug-likeness (QED) is 0.294. The third-order valence-electron chi connectivity index (χ3n) is 5.39. The number of aliphatic imine (C=N–C) groups is 1. The van der Waals surface area contributed by atoms with Crippen molar-refractivity contribution in [1.29, 1.82) is 0 Å². The van der Waals surface area contributed by atoms with E-state index in [1.54, 1.807) is 0 Å². The van der Waals surface area contributed by atoms with Gasteiger partial charge in [0.25, 0.3) is 0 Å². The first-order valence-corrected chi connectivity index (χ1v) is 9.89. The number of guanidine groups is 1. The van der Waals surface area contributed by atoms with Crippen LogP contribution in [-0.2, 0) is 6.42 Å². The molecule has 2 aromatic rings. The number of rotatable bonds is 6. The molecule has 0 saturated carbocycles. The first-order valence-electron chi connectivity index (χ1n) is 9.89. The molecule has 1 aliphatic heterocycles. The Hall–Kier alpha value is -1.38. The molecule has 0 bridgehead atoms. The Balaban J connectivity index is 0.00000261. The first kappa shape index (κ1) is 21.9. The molecule has 0 aliphatic carbocycles. The van der Waals surface area contributed by atoms with Gasteiger partial charge in [-0.1, -0.05) is 26.3 Å². The van der Waals surface area contributed by atoms with E-state index < -0.39 is 0 Å². The molecule has 1 fully saturated rings. The van der Waals surface area contributed by atoms with E-state index in [0.717, 1.165) is 49.9 Å². The number of hydrogen-bond donors (Lipinski definition) is 1. The van der Waals surface area contributed by atoms with E-state index in [1.165, 1.54) is 25.7 Å². The van der Waals surface area contributed by atoms with Crippen LogP contribution in [0.3, 0.4) is 0 Å². The topological polar surface area (TPSA) is 57.8 Å². The maximum Gasteiger partial charge on any atom is 0.193 e. The molecule has 2 aromatic heterocycles. The Bertz CT molecular complexity index is 739. The van der Waals surface area contributed by atoms with E-state index in [0.29, 0.717) is 5.41 Å². The Labute approximate surface area is 179 Å². The summed E-state index contributed by atoms with van der Waals surface area (Å²) in [7, 11) is 1.89. The summed E-state index contributed by atoms with van der Waals surface area (Å²) in [6, 6.07) is 5.99. The van der Waals surface area contributed by atoms with Crippen LogP contribution in [0.15, 0.2) is 29.4 Å². The molecule has 1 atom stereocenters. The van der Waals surface area contributed by atoms with Crippen molar-refractivity contribution in [2.24, 2.45) is 10.4 Å². The van der Waals surface area contributed by atoms with Gasteiger partial charge < -0.3 is 10.2 Å². The smallest absolute Gasteiger partial charge is 0.193 e. The molecule has 3 rings (SSSR count). The zero-order chi connectivity index (χ0) is 18.4. The van der Waals surface area contributed by atoms with Crippen LogP contribution in [0.4, 0.5) is 0 Å². The van der Waals surface area contributed by atoms with Crippen molar-refractivity contribution in [3.8, 4) is 0 Å². The van der Waals surface area contributed by atoms with Crippen molar-refractivity contribution in [2.75, 3.05) is 26.7 Å². The third kappa shape index (κ3) is 5.56. The summed E-state index contributed by atoms with van der Waals surface area (Å²) in [4.78, 5) is 6.96. The van der Waals surface area contributed by atoms with Crippen molar-refractivity contribution in [1.82, 2.24) is 24.8 Å². The van der Waals surface area contributed by atoms with Crippen LogP contribution >= 0.6 is 24.0 Å². The van der Waals surface area contributed by atoms with E-state index in [1.807, 2.05) is 31.4 Å². The van der Waals surface area contributed by atoms with Gasteiger partial charge in [0.05, 0.1) is 0 Å². The summed E-state index contributed by atoms with van der Waals surface area (Å²) < 4.78 is 2.07. The Morgan fingerprint density at radius 2 is 2.19 bits per heavy atom. The summed E-state index contributed by atoms with van der Waals surface area (Å²) >= 11 is 0. The maximum absolute atomic E-state index is 4.52. The summed E-state index contributed by atoms with van der Waals surface area (Å²) in [5.41, 5.74) is 1.33. The van der Waals surface area contributed by atoms with E-state index in [-0.39, 0.29) is 24.0 Å². The fraction of sp³-hybridized carbons (Fsp3) is 0.650. The van der Waals surface area contributed by atoms with Gasteiger partial charge in [0.2, 0.25) is 0 Å². The fourth-order valence-electron chi connectivity index (χ4n) is 4.14. The van der Waals surface area contributed by atoms with Crippen LogP contribution in [0.25, 0.3) is 5.65 Å². The Morgan fingerprint density at radius 1 is 1.33 bits per heavy atom. The Morgan fingerprint density at radius 3 is 2.96 bits per heavy atom. The largest absolute Gasteiger partial charge is 0.356 e. The number of nitrogens with zero attached hydrogens (tertiary/aromatic N) is 5. The van der Waals surface area contributed by atoms with E-state index in [2.05, 4.69) is 43.7 Å². The van der Waals surface area contributed by atoms with Crippen molar-refractivity contribution >= 4 is 35.6 Å². The van der Waals surface area contributed by atoms with Crippen LogP contribution in [0.2, 0.25) is 0 Å². The van der Waals surface area contributed by atoms with Gasteiger partial charge in [-0.25, -0.2) is 0 Å². The highest BCUT2D eigenvalue weighted by Gasteiger charge is 2.31. The Kier molecular flexibility index (Phi) is 8.31. The molecule has 0 aromatic carbocycles. The van der Waals surface area contributed by atoms with Crippen molar-refractivity contribution in [3.05, 3.63) is 30.2 Å². The summed E-state index contributed by atoms with van der Waals surface area (Å²) in [6.45, 7) is 7.82. The molecule has 3 heterocycles. The number of aromatic nitrogens is 3. The van der Waals surface area contributed by atoms with Gasteiger partial charge >= 0.3 is 0 Å². The number of piperidine rings is 1. The summed E-state index contributed by atoms with van der Waals surface area (Å²) in [5, 5.41) is 12.1. The molecule has 6 nitrogen and oxygen atoms in total. The van der Waals surface area contributed by atoms with Gasteiger partial charge in [0.1, 0.15) is 5.82 Å². The molecular weight excluding hydrogens is 451 g/mol. The third-order valence-corrected chi connectivity index (χ3v) is 5.39. The van der Waals surface area contributed by atoms with Crippen LogP contribution < -0.4 is 5.32 Å². The lowest BCUT2D eigenvalue weighted by molar-refractivity contribution is 0.142. The number of nitrogens with one attached hydrogen (secondary N) is 1. The second kappa shape index (κ2) is 10.2. The predicted molar refractivity (Wildman–Crippen MR) is 122 cm³/mol. The molecule has 150 valence electrons. The lowest BCUT2D eigenvalue weighted by Crippen LogP contribution is -2.50. The van der Waals surface area contributed by atoms with Gasteiger partial charge in [0.15, 0.2) is 11.6 Å². The molecule has 7 heteroatoms. The molecule has 0 amide bonds. The van der Waals surface area contributed by atoms with Gasteiger partial charge in [0, 0.05) is 39.3 Å². The first-order chi connectivity index (χ1) is 12.6. The average Bonchev–Trinajstić information content (AvgIpc) is 3.05. The average molecular weight is 484 g/mol. The predicted octanol–water partition coefficient (Wildman–Crippen LogP) is 3.76. The SMILES string of the molecule is CCCC1(C)CCCN(C(=NC)NCCCc2nnc3ccccn23)C1.I. The van der Waals surface area contributed by atoms with E-state index >= 15 is 0 Å². The zero-order valence-corrected chi connectivity index (χ0v) is 19.1. The van der Waals surface area contributed by atoms with Gasteiger partial charge in [-0.15, -0.1) is 34.2 Å². The molecular formula is C20H33IN6. The zero-order valence-electron chi connectivity index (χ0n) is 16.8. The molecule has 27 heavy (non-hydrogen) atoms. The highest BCUT2D eigenvalue weighted by atomic mass is 127. The second-order valence-electron chi connectivity index (χ2n) is 7.71. The fourth-order valence-corrected chi connectivity index (χ4v) is 4.14. The van der Waals surface area contributed by atoms with E-state index in [9.17, 15) is 0 Å². The normalized spacial score (nSPS) is 20.6. The lowest BCUT2D eigenvalue weighted by atomic mass is 9.78. The number of likely N-dealkylation sites (tertiary alicyclic amines) is 1. The molecule has 1 unspecified atom stereocenters. The van der Waals surface area contributed by atoms with Crippen LogP contribution in [0.5, 0.6) is 0 Å². The highest BCUT2D eigenvalue weighted by molar-refractivity contribution is 14.0. The molecule has 1 N–H and O–H groups in total. The second-order valence-corrected chi connectivity index (χ2v) is 7.71. The number of pyridine rings is 1. The number of aryl methyl sites for hydroxylation is 1. The van der Waals surface area contributed by atoms with Crippen molar-refractivity contribution in [3.63, 3.8) is 0 Å². The minimum Gasteiger partial charge on any atom is -0.356 e. The van der Waals surface area contributed by atoms with Crippen molar-refractivity contribution in [2.45, 2.75) is 52.4 Å². The van der Waals surface area contributed by atoms with Crippen LogP contribution in [0.1, 0.15) is 51.8 Å². The summed E-state index contributed by atoms with van der Waals surface area (Å²) in [6.07, 6.45) is 9.07. The van der Waals surface area contributed by atoms with Gasteiger partial charge in [-0.2, -0.15) is 0 Å².